The van der Waals surface area contributed by atoms with Crippen LogP contribution in [-0.4, -0.2) is 12.6 Å². The van der Waals surface area contributed by atoms with E-state index in [0.717, 1.165) is 24.9 Å². The van der Waals surface area contributed by atoms with Gasteiger partial charge in [-0.1, -0.05) is 19.1 Å². The van der Waals surface area contributed by atoms with E-state index in [2.05, 4.69) is 18.2 Å². The lowest BCUT2D eigenvalue weighted by Crippen LogP contribution is -2.31. The molecule has 1 atom stereocenters. The van der Waals surface area contributed by atoms with Crippen molar-refractivity contribution in [3.05, 3.63) is 35.6 Å². The molecular formula is C14H18FN. The van der Waals surface area contributed by atoms with Crippen LogP contribution in [0.25, 0.3) is 0 Å². The van der Waals surface area contributed by atoms with Gasteiger partial charge in [0, 0.05) is 12.5 Å². The molecule has 0 spiro atoms. The standard InChI is InChI=1S/C14H18FN/c1-3-6-14(16-9-4-2)11-12-7-5-8-13(15)10-12/h1,5,7-8,10,14,16H,4,6,9,11H2,2H3. The summed E-state index contributed by atoms with van der Waals surface area (Å²) in [7, 11) is 0. The Labute approximate surface area is 97.1 Å². The minimum atomic E-state index is -0.188. The van der Waals surface area contributed by atoms with Crippen LogP contribution in [-0.2, 0) is 6.42 Å². The minimum absolute atomic E-state index is 0.188. The second kappa shape index (κ2) is 7.03. The van der Waals surface area contributed by atoms with Gasteiger partial charge < -0.3 is 5.32 Å². The molecule has 0 aromatic heterocycles. The topological polar surface area (TPSA) is 12.0 Å². The zero-order chi connectivity index (χ0) is 11.8. The van der Waals surface area contributed by atoms with E-state index in [-0.39, 0.29) is 11.9 Å². The number of terminal acetylenes is 1. The third-order valence-electron chi connectivity index (χ3n) is 2.42. The molecular weight excluding hydrogens is 201 g/mol. The van der Waals surface area contributed by atoms with E-state index in [4.69, 9.17) is 6.42 Å². The molecule has 0 radical (unpaired) electrons. The van der Waals surface area contributed by atoms with E-state index in [1.807, 2.05) is 6.07 Å². The number of halogens is 1. The van der Waals surface area contributed by atoms with Crippen LogP contribution >= 0.6 is 0 Å². The molecule has 0 fully saturated rings. The summed E-state index contributed by atoms with van der Waals surface area (Å²) >= 11 is 0. The van der Waals surface area contributed by atoms with Gasteiger partial charge in [0.2, 0.25) is 0 Å². The highest BCUT2D eigenvalue weighted by atomic mass is 19.1. The molecule has 1 rings (SSSR count). The van der Waals surface area contributed by atoms with Gasteiger partial charge in [0.25, 0.3) is 0 Å². The SMILES string of the molecule is C#CCC(Cc1cccc(F)c1)NCCC. The molecule has 0 bridgehead atoms. The molecule has 2 heteroatoms. The summed E-state index contributed by atoms with van der Waals surface area (Å²) in [5.74, 6) is 2.47. The van der Waals surface area contributed by atoms with Gasteiger partial charge >= 0.3 is 0 Å². The van der Waals surface area contributed by atoms with Crippen LogP contribution in [0, 0.1) is 18.2 Å². The van der Waals surface area contributed by atoms with Crippen molar-refractivity contribution in [3.8, 4) is 12.3 Å². The summed E-state index contributed by atoms with van der Waals surface area (Å²) in [6.45, 7) is 3.06. The molecule has 0 heterocycles. The first kappa shape index (κ1) is 12.7. The minimum Gasteiger partial charge on any atom is -0.313 e. The lowest BCUT2D eigenvalue weighted by atomic mass is 10.0. The van der Waals surface area contributed by atoms with Crippen molar-refractivity contribution in [2.24, 2.45) is 0 Å². The van der Waals surface area contributed by atoms with Crippen LogP contribution in [0.5, 0.6) is 0 Å². The quantitative estimate of drug-likeness (QED) is 0.725. The van der Waals surface area contributed by atoms with E-state index in [9.17, 15) is 4.39 Å². The lowest BCUT2D eigenvalue weighted by molar-refractivity contribution is 0.515. The molecule has 1 aromatic rings. The first-order chi connectivity index (χ1) is 7.76. The molecule has 1 nitrogen and oxygen atoms in total. The summed E-state index contributed by atoms with van der Waals surface area (Å²) in [5, 5.41) is 3.37. The van der Waals surface area contributed by atoms with E-state index in [1.54, 1.807) is 12.1 Å². The fourth-order valence-corrected chi connectivity index (χ4v) is 1.66. The normalized spacial score (nSPS) is 12.1. The van der Waals surface area contributed by atoms with Crippen molar-refractivity contribution in [2.45, 2.75) is 32.2 Å². The highest BCUT2D eigenvalue weighted by Gasteiger charge is 2.07. The van der Waals surface area contributed by atoms with Crippen LogP contribution in [0.2, 0.25) is 0 Å². The molecule has 16 heavy (non-hydrogen) atoms. The molecule has 0 amide bonds. The van der Waals surface area contributed by atoms with Gasteiger partial charge in [0.1, 0.15) is 5.82 Å². The van der Waals surface area contributed by atoms with E-state index in [1.165, 1.54) is 6.07 Å². The average molecular weight is 219 g/mol. The molecule has 1 aromatic carbocycles. The van der Waals surface area contributed by atoms with Gasteiger partial charge in [0.05, 0.1) is 0 Å². The summed E-state index contributed by atoms with van der Waals surface area (Å²) in [5.41, 5.74) is 0.990. The van der Waals surface area contributed by atoms with Crippen LogP contribution < -0.4 is 5.32 Å². The molecule has 1 unspecified atom stereocenters. The summed E-state index contributed by atoms with van der Waals surface area (Å²) < 4.78 is 13.0. The third kappa shape index (κ3) is 4.46. The highest BCUT2D eigenvalue weighted by Crippen LogP contribution is 2.08. The van der Waals surface area contributed by atoms with Gasteiger partial charge in [0.15, 0.2) is 0 Å². The van der Waals surface area contributed by atoms with Crippen LogP contribution in [0.3, 0.4) is 0 Å². The number of hydrogen-bond acceptors (Lipinski definition) is 1. The van der Waals surface area contributed by atoms with Gasteiger partial charge in [-0.15, -0.1) is 12.3 Å². The Morgan fingerprint density at radius 1 is 1.50 bits per heavy atom. The Hall–Kier alpha value is -1.33. The van der Waals surface area contributed by atoms with Crippen molar-refractivity contribution < 1.29 is 4.39 Å². The largest absolute Gasteiger partial charge is 0.313 e. The fourth-order valence-electron chi connectivity index (χ4n) is 1.66. The highest BCUT2D eigenvalue weighted by molar-refractivity contribution is 5.17. The Balaban J connectivity index is 2.57. The van der Waals surface area contributed by atoms with Crippen LogP contribution in [0.1, 0.15) is 25.3 Å². The number of benzene rings is 1. The molecule has 0 aliphatic carbocycles. The van der Waals surface area contributed by atoms with Crippen molar-refractivity contribution in [1.29, 1.82) is 0 Å². The van der Waals surface area contributed by atoms with Gasteiger partial charge in [-0.3, -0.25) is 0 Å². The zero-order valence-electron chi connectivity index (χ0n) is 9.67. The summed E-state index contributed by atoms with van der Waals surface area (Å²) in [4.78, 5) is 0. The van der Waals surface area contributed by atoms with Gasteiger partial charge in [-0.25, -0.2) is 4.39 Å². The smallest absolute Gasteiger partial charge is 0.123 e. The van der Waals surface area contributed by atoms with Gasteiger partial charge in [-0.2, -0.15) is 0 Å². The predicted molar refractivity (Wildman–Crippen MR) is 65.6 cm³/mol. The van der Waals surface area contributed by atoms with E-state index < -0.39 is 0 Å². The molecule has 1 N–H and O–H groups in total. The molecule has 86 valence electrons. The third-order valence-corrected chi connectivity index (χ3v) is 2.42. The maximum absolute atomic E-state index is 13.0. The van der Waals surface area contributed by atoms with Crippen molar-refractivity contribution in [1.82, 2.24) is 5.32 Å². The van der Waals surface area contributed by atoms with Crippen LogP contribution in [0.4, 0.5) is 4.39 Å². The molecule has 0 saturated heterocycles. The Kier molecular flexibility index (Phi) is 5.60. The number of rotatable bonds is 6. The Morgan fingerprint density at radius 2 is 2.31 bits per heavy atom. The van der Waals surface area contributed by atoms with Crippen molar-refractivity contribution in [2.75, 3.05) is 6.54 Å². The maximum Gasteiger partial charge on any atom is 0.123 e. The molecule has 0 aliphatic heterocycles. The van der Waals surface area contributed by atoms with Gasteiger partial charge in [-0.05, 0) is 37.1 Å². The zero-order valence-corrected chi connectivity index (χ0v) is 9.67. The second-order valence-corrected chi connectivity index (χ2v) is 3.89. The van der Waals surface area contributed by atoms with E-state index >= 15 is 0 Å². The molecule has 0 saturated carbocycles. The number of hydrogen-bond donors (Lipinski definition) is 1. The predicted octanol–water partition coefficient (Wildman–Crippen LogP) is 2.76. The monoisotopic (exact) mass is 219 g/mol. The van der Waals surface area contributed by atoms with Crippen molar-refractivity contribution >= 4 is 0 Å². The number of nitrogens with one attached hydrogen (secondary N) is 1. The summed E-state index contributed by atoms with van der Waals surface area (Å²) in [6.07, 6.45) is 7.85. The lowest BCUT2D eigenvalue weighted by Gasteiger charge is -2.15. The first-order valence-corrected chi connectivity index (χ1v) is 5.67. The molecule has 0 aliphatic rings. The fraction of sp³-hybridized carbons (Fsp3) is 0.429. The Morgan fingerprint density at radius 3 is 2.94 bits per heavy atom. The average Bonchev–Trinajstić information content (AvgIpc) is 2.26. The van der Waals surface area contributed by atoms with E-state index in [0.29, 0.717) is 6.42 Å². The Bertz CT molecular complexity index is 354. The summed E-state index contributed by atoms with van der Waals surface area (Å²) in [6, 6.07) is 6.93. The maximum atomic E-state index is 13.0. The van der Waals surface area contributed by atoms with Crippen molar-refractivity contribution in [3.63, 3.8) is 0 Å². The van der Waals surface area contributed by atoms with Crippen LogP contribution in [0.15, 0.2) is 24.3 Å². The second-order valence-electron chi connectivity index (χ2n) is 3.89. The first-order valence-electron chi connectivity index (χ1n) is 5.67.